The van der Waals surface area contributed by atoms with Crippen LogP contribution in [0.25, 0.3) is 0 Å². The van der Waals surface area contributed by atoms with Crippen molar-refractivity contribution in [3.05, 3.63) is 24.2 Å². The minimum Gasteiger partial charge on any atom is -0.469 e. The van der Waals surface area contributed by atoms with Gasteiger partial charge in [0.1, 0.15) is 5.76 Å². The van der Waals surface area contributed by atoms with Crippen molar-refractivity contribution in [2.45, 2.75) is 51.5 Å². The second-order valence-corrected chi connectivity index (χ2v) is 5.22. The van der Waals surface area contributed by atoms with Gasteiger partial charge in [0.2, 0.25) is 0 Å². The summed E-state index contributed by atoms with van der Waals surface area (Å²) in [4.78, 5) is 0. The third kappa shape index (κ3) is 2.47. The minimum absolute atomic E-state index is 0.318. The Morgan fingerprint density at radius 1 is 1.44 bits per heavy atom. The summed E-state index contributed by atoms with van der Waals surface area (Å²) in [7, 11) is 0. The number of rotatable bonds is 4. The second kappa shape index (κ2) is 5.02. The first-order valence-electron chi connectivity index (χ1n) is 6.23. The molecule has 1 unspecified atom stereocenters. The highest BCUT2D eigenvalue weighted by atomic mass is 16.3. The van der Waals surface area contributed by atoms with E-state index in [2.05, 4.69) is 12.3 Å². The van der Waals surface area contributed by atoms with E-state index in [4.69, 9.17) is 10.3 Å². The van der Waals surface area contributed by atoms with E-state index in [1.54, 1.807) is 6.26 Å². The molecule has 1 atom stereocenters. The van der Waals surface area contributed by atoms with Crippen molar-refractivity contribution < 1.29 is 4.42 Å². The average Bonchev–Trinajstić information content (AvgIpc) is 2.79. The zero-order valence-corrected chi connectivity index (χ0v) is 10.0. The van der Waals surface area contributed by atoms with Gasteiger partial charge in [-0.05, 0) is 30.4 Å². The molecule has 0 bridgehead atoms. The van der Waals surface area contributed by atoms with Crippen LogP contribution in [-0.4, -0.2) is 6.04 Å². The number of hydrogen-bond donors (Lipinski definition) is 2. The lowest BCUT2D eigenvalue weighted by atomic mass is 9.69. The SMILES string of the molecule is CC1(C(Cc2ccco2)NN)CCCCC1. The lowest BCUT2D eigenvalue weighted by Gasteiger charge is -2.40. The van der Waals surface area contributed by atoms with E-state index in [0.29, 0.717) is 11.5 Å². The first-order valence-corrected chi connectivity index (χ1v) is 6.23. The van der Waals surface area contributed by atoms with Crippen LogP contribution in [0.4, 0.5) is 0 Å². The van der Waals surface area contributed by atoms with Gasteiger partial charge in [0.15, 0.2) is 0 Å². The molecule has 0 aromatic carbocycles. The van der Waals surface area contributed by atoms with Crippen LogP contribution < -0.4 is 11.3 Å². The predicted molar refractivity (Wildman–Crippen MR) is 64.7 cm³/mol. The molecule has 0 radical (unpaired) electrons. The van der Waals surface area contributed by atoms with Crippen molar-refractivity contribution in [2.75, 3.05) is 0 Å². The summed E-state index contributed by atoms with van der Waals surface area (Å²) in [6, 6.07) is 4.28. The molecule has 90 valence electrons. The molecule has 1 heterocycles. The molecule has 3 N–H and O–H groups in total. The lowest BCUT2D eigenvalue weighted by molar-refractivity contribution is 0.140. The van der Waals surface area contributed by atoms with E-state index in [0.717, 1.165) is 12.2 Å². The number of furan rings is 1. The maximum atomic E-state index is 5.71. The first-order chi connectivity index (χ1) is 7.74. The molecule has 1 saturated carbocycles. The summed E-state index contributed by atoms with van der Waals surface area (Å²) < 4.78 is 5.41. The van der Waals surface area contributed by atoms with Gasteiger partial charge in [-0.15, -0.1) is 0 Å². The van der Waals surface area contributed by atoms with E-state index >= 15 is 0 Å². The van der Waals surface area contributed by atoms with E-state index in [9.17, 15) is 0 Å². The zero-order chi connectivity index (χ0) is 11.4. The molecule has 0 spiro atoms. The minimum atomic E-state index is 0.318. The van der Waals surface area contributed by atoms with Gasteiger partial charge in [-0.25, -0.2) is 0 Å². The van der Waals surface area contributed by atoms with Crippen molar-refractivity contribution in [1.82, 2.24) is 5.43 Å². The largest absolute Gasteiger partial charge is 0.469 e. The van der Waals surface area contributed by atoms with Gasteiger partial charge in [-0.1, -0.05) is 26.2 Å². The summed E-state index contributed by atoms with van der Waals surface area (Å²) in [6.07, 6.45) is 9.17. The fourth-order valence-corrected chi connectivity index (χ4v) is 2.84. The Bertz CT molecular complexity index is 302. The van der Waals surface area contributed by atoms with Crippen molar-refractivity contribution in [1.29, 1.82) is 0 Å². The summed E-state index contributed by atoms with van der Waals surface area (Å²) in [5.74, 6) is 6.74. The highest BCUT2D eigenvalue weighted by Gasteiger charge is 2.35. The monoisotopic (exact) mass is 222 g/mol. The van der Waals surface area contributed by atoms with Gasteiger partial charge in [0.25, 0.3) is 0 Å². The summed E-state index contributed by atoms with van der Waals surface area (Å²) in [5.41, 5.74) is 3.31. The first kappa shape index (κ1) is 11.7. The van der Waals surface area contributed by atoms with Crippen LogP contribution in [0.3, 0.4) is 0 Å². The molecular weight excluding hydrogens is 200 g/mol. The summed E-state index contributed by atoms with van der Waals surface area (Å²) in [5, 5.41) is 0. The molecule has 0 amide bonds. The molecule has 16 heavy (non-hydrogen) atoms. The Kier molecular flexibility index (Phi) is 3.66. The van der Waals surface area contributed by atoms with E-state index < -0.39 is 0 Å². The van der Waals surface area contributed by atoms with Gasteiger partial charge in [-0.3, -0.25) is 11.3 Å². The quantitative estimate of drug-likeness (QED) is 0.608. The lowest BCUT2D eigenvalue weighted by Crippen LogP contribution is -2.49. The maximum Gasteiger partial charge on any atom is 0.105 e. The van der Waals surface area contributed by atoms with Crippen LogP contribution in [0.1, 0.15) is 44.8 Å². The van der Waals surface area contributed by atoms with Crippen molar-refractivity contribution in [3.63, 3.8) is 0 Å². The molecule has 3 nitrogen and oxygen atoms in total. The van der Waals surface area contributed by atoms with Crippen LogP contribution >= 0.6 is 0 Å². The molecule has 1 aliphatic carbocycles. The highest BCUT2D eigenvalue weighted by molar-refractivity contribution is 5.03. The molecule has 1 fully saturated rings. The third-order valence-electron chi connectivity index (χ3n) is 4.02. The number of hydrogen-bond acceptors (Lipinski definition) is 3. The van der Waals surface area contributed by atoms with Gasteiger partial charge < -0.3 is 4.42 Å². The smallest absolute Gasteiger partial charge is 0.105 e. The molecule has 0 aliphatic heterocycles. The fourth-order valence-electron chi connectivity index (χ4n) is 2.84. The summed E-state index contributed by atoms with van der Waals surface area (Å²) >= 11 is 0. The van der Waals surface area contributed by atoms with Gasteiger partial charge in [-0.2, -0.15) is 0 Å². The number of nitrogens with two attached hydrogens (primary N) is 1. The van der Waals surface area contributed by atoms with Crippen molar-refractivity contribution in [2.24, 2.45) is 11.3 Å². The molecular formula is C13H22N2O. The standard InChI is InChI=1S/C13H22N2O/c1-13(7-3-2-4-8-13)12(15-14)10-11-6-5-9-16-11/h5-6,9,12,15H,2-4,7-8,10,14H2,1H3. The Morgan fingerprint density at radius 2 is 2.19 bits per heavy atom. The van der Waals surface area contributed by atoms with Gasteiger partial charge in [0, 0.05) is 12.5 Å². The van der Waals surface area contributed by atoms with E-state index in [1.165, 1.54) is 32.1 Å². The normalized spacial score (nSPS) is 21.9. The Labute approximate surface area is 97.4 Å². The van der Waals surface area contributed by atoms with E-state index in [-0.39, 0.29) is 0 Å². The predicted octanol–water partition coefficient (Wildman–Crippen LogP) is 2.62. The second-order valence-electron chi connectivity index (χ2n) is 5.22. The fraction of sp³-hybridized carbons (Fsp3) is 0.692. The zero-order valence-electron chi connectivity index (χ0n) is 10.0. The Balaban J connectivity index is 2.03. The molecule has 2 rings (SSSR count). The van der Waals surface area contributed by atoms with Crippen LogP contribution in [0.5, 0.6) is 0 Å². The Hall–Kier alpha value is -0.800. The van der Waals surface area contributed by atoms with Crippen LogP contribution in [0.2, 0.25) is 0 Å². The van der Waals surface area contributed by atoms with Crippen molar-refractivity contribution >= 4 is 0 Å². The van der Waals surface area contributed by atoms with Crippen LogP contribution in [0, 0.1) is 5.41 Å². The third-order valence-corrected chi connectivity index (χ3v) is 4.02. The van der Waals surface area contributed by atoms with Gasteiger partial charge >= 0.3 is 0 Å². The van der Waals surface area contributed by atoms with Crippen LogP contribution in [-0.2, 0) is 6.42 Å². The molecule has 3 heteroatoms. The summed E-state index contributed by atoms with van der Waals surface area (Å²) in [6.45, 7) is 2.35. The molecule has 1 aromatic rings. The molecule has 1 aromatic heterocycles. The van der Waals surface area contributed by atoms with Crippen LogP contribution in [0.15, 0.2) is 22.8 Å². The van der Waals surface area contributed by atoms with E-state index in [1.807, 2.05) is 12.1 Å². The number of nitrogens with one attached hydrogen (secondary N) is 1. The molecule has 1 aliphatic rings. The maximum absolute atomic E-state index is 5.71. The topological polar surface area (TPSA) is 51.2 Å². The van der Waals surface area contributed by atoms with Gasteiger partial charge in [0.05, 0.1) is 6.26 Å². The Morgan fingerprint density at radius 3 is 2.75 bits per heavy atom. The molecule has 0 saturated heterocycles. The average molecular weight is 222 g/mol. The highest BCUT2D eigenvalue weighted by Crippen LogP contribution is 2.39. The number of hydrazine groups is 1. The van der Waals surface area contributed by atoms with Crippen molar-refractivity contribution in [3.8, 4) is 0 Å².